The van der Waals surface area contributed by atoms with E-state index in [9.17, 15) is 13.2 Å². The van der Waals surface area contributed by atoms with Gasteiger partial charge in [-0.2, -0.15) is 0 Å². The highest BCUT2D eigenvalue weighted by atomic mass is 32.2. The van der Waals surface area contributed by atoms with E-state index in [-0.39, 0.29) is 18.9 Å². The number of aryl methyl sites for hydroxylation is 2. The quantitative estimate of drug-likeness (QED) is 0.806. The molecule has 0 unspecified atom stereocenters. The molecule has 0 fully saturated rings. The number of amides is 1. The first-order chi connectivity index (χ1) is 12.2. The standard InChI is InChI=1S/C19H24N2O4S/c1-14-5-8-16(9-6-14)20-19(22)11-12-21(26(4,23)24)17-13-15(2)7-10-18(17)25-3/h5-10,13H,11-12H2,1-4H3,(H,20,22). The van der Waals surface area contributed by atoms with E-state index in [0.717, 1.165) is 17.4 Å². The highest BCUT2D eigenvalue weighted by Crippen LogP contribution is 2.31. The monoisotopic (exact) mass is 376 g/mol. The zero-order chi connectivity index (χ0) is 19.3. The van der Waals surface area contributed by atoms with Crippen molar-refractivity contribution in [3.05, 3.63) is 53.6 Å². The molecule has 0 bridgehead atoms. The van der Waals surface area contributed by atoms with Gasteiger partial charge in [0, 0.05) is 18.7 Å². The van der Waals surface area contributed by atoms with Crippen LogP contribution >= 0.6 is 0 Å². The van der Waals surface area contributed by atoms with Gasteiger partial charge in [-0.05, 0) is 43.7 Å². The Morgan fingerprint density at radius 2 is 1.69 bits per heavy atom. The first kappa shape index (κ1) is 19.8. The van der Waals surface area contributed by atoms with Crippen molar-refractivity contribution in [1.82, 2.24) is 0 Å². The molecule has 1 N–H and O–H groups in total. The summed E-state index contributed by atoms with van der Waals surface area (Å²) in [6, 6.07) is 12.7. The molecule has 0 aliphatic carbocycles. The van der Waals surface area contributed by atoms with Crippen LogP contribution in [0.5, 0.6) is 5.75 Å². The molecule has 0 spiro atoms. The number of hydrogen-bond donors (Lipinski definition) is 1. The van der Waals surface area contributed by atoms with Gasteiger partial charge >= 0.3 is 0 Å². The lowest BCUT2D eigenvalue weighted by atomic mass is 10.2. The molecule has 6 nitrogen and oxygen atoms in total. The van der Waals surface area contributed by atoms with Crippen LogP contribution in [-0.2, 0) is 14.8 Å². The summed E-state index contributed by atoms with van der Waals surface area (Å²) in [5, 5.41) is 2.78. The van der Waals surface area contributed by atoms with Crippen molar-refractivity contribution >= 4 is 27.3 Å². The van der Waals surface area contributed by atoms with Crippen LogP contribution in [0.25, 0.3) is 0 Å². The van der Waals surface area contributed by atoms with Gasteiger partial charge in [-0.3, -0.25) is 9.10 Å². The number of carbonyl (C=O) groups excluding carboxylic acids is 1. The third-order valence-corrected chi connectivity index (χ3v) is 5.06. The lowest BCUT2D eigenvalue weighted by molar-refractivity contribution is -0.116. The molecule has 140 valence electrons. The molecule has 1 amide bonds. The Morgan fingerprint density at radius 1 is 1.08 bits per heavy atom. The largest absolute Gasteiger partial charge is 0.495 e. The predicted molar refractivity (Wildman–Crippen MR) is 104 cm³/mol. The Bertz CT molecular complexity index is 877. The van der Waals surface area contributed by atoms with Crippen LogP contribution in [0.1, 0.15) is 17.5 Å². The zero-order valence-corrected chi connectivity index (χ0v) is 16.3. The van der Waals surface area contributed by atoms with E-state index >= 15 is 0 Å². The smallest absolute Gasteiger partial charge is 0.232 e. The first-order valence-electron chi connectivity index (χ1n) is 8.19. The second kappa shape index (κ2) is 8.23. The Morgan fingerprint density at radius 3 is 2.27 bits per heavy atom. The number of rotatable bonds is 7. The van der Waals surface area contributed by atoms with Crippen molar-refractivity contribution in [2.24, 2.45) is 0 Å². The Balaban J connectivity index is 2.15. The molecular weight excluding hydrogens is 352 g/mol. The van der Waals surface area contributed by atoms with E-state index in [1.54, 1.807) is 12.1 Å². The molecule has 0 radical (unpaired) electrons. The minimum Gasteiger partial charge on any atom is -0.495 e. The lowest BCUT2D eigenvalue weighted by Gasteiger charge is -2.24. The summed E-state index contributed by atoms with van der Waals surface area (Å²) in [7, 11) is -2.08. The third kappa shape index (κ3) is 5.23. The third-order valence-electron chi connectivity index (χ3n) is 3.88. The van der Waals surface area contributed by atoms with Crippen molar-refractivity contribution in [3.8, 4) is 5.75 Å². The number of nitrogens with zero attached hydrogens (tertiary/aromatic N) is 1. The second-order valence-corrected chi connectivity index (χ2v) is 8.08. The fourth-order valence-electron chi connectivity index (χ4n) is 2.52. The Kier molecular flexibility index (Phi) is 6.26. The molecule has 0 saturated carbocycles. The van der Waals surface area contributed by atoms with E-state index < -0.39 is 10.0 Å². The van der Waals surface area contributed by atoms with E-state index in [2.05, 4.69) is 5.32 Å². The maximum Gasteiger partial charge on any atom is 0.232 e. The second-order valence-electron chi connectivity index (χ2n) is 6.17. The molecule has 2 aromatic rings. The number of anilines is 2. The number of ether oxygens (including phenoxy) is 1. The molecular formula is C19H24N2O4S. The number of benzene rings is 2. The van der Waals surface area contributed by atoms with Crippen LogP contribution in [0.4, 0.5) is 11.4 Å². The van der Waals surface area contributed by atoms with Crippen molar-refractivity contribution in [1.29, 1.82) is 0 Å². The van der Waals surface area contributed by atoms with Gasteiger partial charge in [-0.25, -0.2) is 8.42 Å². The number of carbonyl (C=O) groups is 1. The molecule has 0 aromatic heterocycles. The Hall–Kier alpha value is -2.54. The molecule has 26 heavy (non-hydrogen) atoms. The summed E-state index contributed by atoms with van der Waals surface area (Å²) in [6.07, 6.45) is 1.14. The normalized spacial score (nSPS) is 11.1. The molecule has 0 saturated heterocycles. The maximum absolute atomic E-state index is 12.3. The van der Waals surface area contributed by atoms with Crippen molar-refractivity contribution in [2.75, 3.05) is 29.5 Å². The van der Waals surface area contributed by atoms with Crippen molar-refractivity contribution < 1.29 is 17.9 Å². The number of nitrogens with one attached hydrogen (secondary N) is 1. The van der Waals surface area contributed by atoms with E-state index in [1.807, 2.05) is 44.2 Å². The molecule has 7 heteroatoms. The molecule has 0 heterocycles. The minimum atomic E-state index is -3.57. The summed E-state index contributed by atoms with van der Waals surface area (Å²) >= 11 is 0. The van der Waals surface area contributed by atoms with Crippen molar-refractivity contribution in [2.45, 2.75) is 20.3 Å². The van der Waals surface area contributed by atoms with Gasteiger partial charge in [0.1, 0.15) is 5.75 Å². The van der Waals surface area contributed by atoms with Crippen LogP contribution < -0.4 is 14.4 Å². The number of sulfonamides is 1. The van der Waals surface area contributed by atoms with E-state index in [4.69, 9.17) is 4.74 Å². The fraction of sp³-hybridized carbons (Fsp3) is 0.316. The molecule has 2 aromatic carbocycles. The lowest BCUT2D eigenvalue weighted by Crippen LogP contribution is -2.33. The highest BCUT2D eigenvalue weighted by molar-refractivity contribution is 7.92. The summed E-state index contributed by atoms with van der Waals surface area (Å²) in [6.45, 7) is 3.86. The topological polar surface area (TPSA) is 75.7 Å². The van der Waals surface area contributed by atoms with Crippen LogP contribution in [-0.4, -0.2) is 34.2 Å². The summed E-state index contributed by atoms with van der Waals surface area (Å²) in [5.41, 5.74) is 3.11. The first-order valence-corrected chi connectivity index (χ1v) is 10.0. The van der Waals surface area contributed by atoms with Gasteiger partial charge in [0.15, 0.2) is 0 Å². The van der Waals surface area contributed by atoms with Crippen LogP contribution in [0, 0.1) is 13.8 Å². The van der Waals surface area contributed by atoms with Crippen LogP contribution in [0.2, 0.25) is 0 Å². The van der Waals surface area contributed by atoms with E-state index in [1.165, 1.54) is 11.4 Å². The Labute approximate surface area is 154 Å². The van der Waals surface area contributed by atoms with Crippen LogP contribution in [0.15, 0.2) is 42.5 Å². The SMILES string of the molecule is COc1ccc(C)cc1N(CCC(=O)Nc1ccc(C)cc1)S(C)(=O)=O. The van der Waals surface area contributed by atoms with E-state index in [0.29, 0.717) is 17.1 Å². The maximum atomic E-state index is 12.3. The predicted octanol–water partition coefficient (Wildman–Crippen LogP) is 3.11. The minimum absolute atomic E-state index is 0.0241. The van der Waals surface area contributed by atoms with Gasteiger partial charge < -0.3 is 10.1 Å². The molecule has 0 atom stereocenters. The summed E-state index contributed by atoms with van der Waals surface area (Å²) in [4.78, 5) is 12.2. The van der Waals surface area contributed by atoms with Gasteiger partial charge in [0.2, 0.25) is 15.9 Å². The van der Waals surface area contributed by atoms with Gasteiger partial charge in [-0.1, -0.05) is 23.8 Å². The van der Waals surface area contributed by atoms with Gasteiger partial charge in [0.05, 0.1) is 19.1 Å². The highest BCUT2D eigenvalue weighted by Gasteiger charge is 2.22. The fourth-order valence-corrected chi connectivity index (χ4v) is 3.45. The molecule has 0 aliphatic heterocycles. The van der Waals surface area contributed by atoms with Crippen LogP contribution in [0.3, 0.4) is 0 Å². The average molecular weight is 376 g/mol. The zero-order valence-electron chi connectivity index (χ0n) is 15.4. The summed E-state index contributed by atoms with van der Waals surface area (Å²) < 4.78 is 31.0. The van der Waals surface area contributed by atoms with Gasteiger partial charge in [0.25, 0.3) is 0 Å². The number of methoxy groups -OCH3 is 1. The number of hydrogen-bond acceptors (Lipinski definition) is 4. The van der Waals surface area contributed by atoms with Gasteiger partial charge in [-0.15, -0.1) is 0 Å². The molecule has 2 rings (SSSR count). The average Bonchev–Trinajstić information content (AvgIpc) is 2.56. The summed E-state index contributed by atoms with van der Waals surface area (Å²) in [5.74, 6) is 0.189. The molecule has 0 aliphatic rings. The van der Waals surface area contributed by atoms with Crippen molar-refractivity contribution in [3.63, 3.8) is 0 Å².